The molecular weight excluding hydrogens is 382 g/mol. The molecule has 4 rings (SSSR count). The van der Waals surface area contributed by atoms with Crippen LogP contribution in [0.3, 0.4) is 0 Å². The van der Waals surface area contributed by atoms with E-state index in [-0.39, 0.29) is 5.91 Å². The third-order valence-electron chi connectivity index (χ3n) is 5.92. The molecule has 2 heterocycles. The van der Waals surface area contributed by atoms with Crippen LogP contribution in [0.4, 0.5) is 17.1 Å². The number of carbonyl (C=O) groups excluding carboxylic acids is 1. The first-order valence-electron chi connectivity index (χ1n) is 9.94. The monoisotopic (exact) mass is 409 g/mol. The van der Waals surface area contributed by atoms with Gasteiger partial charge in [0.1, 0.15) is 5.54 Å². The Morgan fingerprint density at radius 2 is 1.72 bits per heavy atom. The fraction of sp³-hybridized carbons (Fsp3) is 0.364. The summed E-state index contributed by atoms with van der Waals surface area (Å²) >= 11 is 5.65. The van der Waals surface area contributed by atoms with Crippen molar-refractivity contribution in [2.45, 2.75) is 18.4 Å². The van der Waals surface area contributed by atoms with Gasteiger partial charge >= 0.3 is 0 Å². The van der Waals surface area contributed by atoms with Gasteiger partial charge in [0, 0.05) is 44.2 Å². The fourth-order valence-corrected chi connectivity index (χ4v) is 4.46. The summed E-state index contributed by atoms with van der Waals surface area (Å²) in [6.45, 7) is 2.06. The average Bonchev–Trinajstić information content (AvgIpc) is 3.05. The van der Waals surface area contributed by atoms with Crippen LogP contribution in [0.1, 0.15) is 12.8 Å². The van der Waals surface area contributed by atoms with E-state index in [1.807, 2.05) is 44.4 Å². The predicted molar refractivity (Wildman–Crippen MR) is 122 cm³/mol. The van der Waals surface area contributed by atoms with Gasteiger partial charge in [-0.2, -0.15) is 0 Å². The van der Waals surface area contributed by atoms with E-state index in [4.69, 9.17) is 12.2 Å². The molecule has 2 aromatic rings. The van der Waals surface area contributed by atoms with Crippen molar-refractivity contribution in [1.29, 1.82) is 0 Å². The van der Waals surface area contributed by atoms with Gasteiger partial charge in [-0.25, -0.2) is 0 Å². The Morgan fingerprint density at radius 1 is 1.07 bits per heavy atom. The van der Waals surface area contributed by atoms with Crippen molar-refractivity contribution in [3.8, 4) is 0 Å². The maximum absolute atomic E-state index is 12.8. The molecule has 7 heteroatoms. The summed E-state index contributed by atoms with van der Waals surface area (Å²) in [5, 5.41) is 7.09. The summed E-state index contributed by atoms with van der Waals surface area (Å²) in [5.41, 5.74) is 2.72. The van der Waals surface area contributed by atoms with Crippen molar-refractivity contribution in [3.05, 3.63) is 54.6 Å². The second kappa shape index (κ2) is 7.91. The number of thiocarbonyl (C=S) groups is 1. The number of carbonyl (C=O) groups is 1. The SMILES string of the molecule is CN(C)c1ccc(NC(=S)N2CCC3(CC2)C(=O)NCN3c2ccccc2)cc1. The van der Waals surface area contributed by atoms with E-state index >= 15 is 0 Å². The Kier molecular flexibility index (Phi) is 5.32. The number of rotatable bonds is 3. The lowest BCUT2D eigenvalue weighted by atomic mass is 9.86. The van der Waals surface area contributed by atoms with Gasteiger partial charge in [0.15, 0.2) is 5.11 Å². The van der Waals surface area contributed by atoms with Crippen LogP contribution in [-0.2, 0) is 4.79 Å². The molecule has 29 heavy (non-hydrogen) atoms. The number of benzene rings is 2. The number of anilines is 3. The number of amides is 1. The summed E-state index contributed by atoms with van der Waals surface area (Å²) in [5.74, 6) is 0.124. The number of piperidine rings is 1. The van der Waals surface area contributed by atoms with E-state index in [0.717, 1.165) is 43.0 Å². The second-order valence-corrected chi connectivity index (χ2v) is 8.20. The maximum atomic E-state index is 12.8. The quantitative estimate of drug-likeness (QED) is 0.761. The minimum atomic E-state index is -0.485. The molecule has 0 aliphatic carbocycles. The lowest BCUT2D eigenvalue weighted by molar-refractivity contribution is -0.124. The van der Waals surface area contributed by atoms with Gasteiger partial charge in [0.25, 0.3) is 0 Å². The van der Waals surface area contributed by atoms with Crippen molar-refractivity contribution in [3.63, 3.8) is 0 Å². The van der Waals surface area contributed by atoms with Gasteiger partial charge in [-0.15, -0.1) is 0 Å². The van der Waals surface area contributed by atoms with Crippen molar-refractivity contribution in [2.75, 3.05) is 49.0 Å². The molecule has 2 N–H and O–H groups in total. The van der Waals surface area contributed by atoms with Crippen LogP contribution >= 0.6 is 12.2 Å². The van der Waals surface area contributed by atoms with E-state index in [1.165, 1.54) is 0 Å². The minimum absolute atomic E-state index is 0.124. The Bertz CT molecular complexity index is 876. The molecule has 0 bridgehead atoms. The molecule has 0 aromatic heterocycles. The smallest absolute Gasteiger partial charge is 0.247 e. The Morgan fingerprint density at radius 3 is 2.34 bits per heavy atom. The molecule has 0 saturated carbocycles. The molecule has 6 nitrogen and oxygen atoms in total. The molecule has 0 radical (unpaired) electrons. The topological polar surface area (TPSA) is 50.9 Å². The summed E-state index contributed by atoms with van der Waals surface area (Å²) in [6, 6.07) is 18.4. The normalized spacial score (nSPS) is 17.9. The zero-order valence-electron chi connectivity index (χ0n) is 16.9. The van der Waals surface area contributed by atoms with E-state index in [0.29, 0.717) is 11.8 Å². The number of para-hydroxylation sites is 1. The lowest BCUT2D eigenvalue weighted by Gasteiger charge is -2.44. The van der Waals surface area contributed by atoms with Crippen LogP contribution in [0.2, 0.25) is 0 Å². The Balaban J connectivity index is 1.41. The van der Waals surface area contributed by atoms with Gasteiger partial charge in [0.05, 0.1) is 6.67 Å². The fourth-order valence-electron chi connectivity index (χ4n) is 4.16. The van der Waals surface area contributed by atoms with Crippen LogP contribution in [-0.4, -0.2) is 55.3 Å². The summed E-state index contributed by atoms with van der Waals surface area (Å²) in [6.07, 6.45) is 1.49. The van der Waals surface area contributed by atoms with E-state index in [9.17, 15) is 4.79 Å². The highest BCUT2D eigenvalue weighted by atomic mass is 32.1. The molecule has 0 unspecified atom stereocenters. The average molecular weight is 410 g/mol. The molecule has 2 aromatic carbocycles. The number of likely N-dealkylation sites (tertiary alicyclic amines) is 1. The van der Waals surface area contributed by atoms with Crippen LogP contribution < -0.4 is 20.4 Å². The third-order valence-corrected chi connectivity index (χ3v) is 6.28. The van der Waals surface area contributed by atoms with Gasteiger partial charge in [-0.05, 0) is 61.5 Å². The van der Waals surface area contributed by atoms with Gasteiger partial charge in [-0.1, -0.05) is 18.2 Å². The maximum Gasteiger partial charge on any atom is 0.247 e. The molecule has 1 spiro atoms. The number of hydrogen-bond acceptors (Lipinski definition) is 4. The first-order valence-corrected chi connectivity index (χ1v) is 10.3. The van der Waals surface area contributed by atoms with Crippen LogP contribution in [0, 0.1) is 0 Å². The standard InChI is InChI=1S/C22H27N5OS/c1-25(2)18-10-8-17(9-11-18)24-21(29)26-14-12-22(13-15-26)20(28)23-16-27(22)19-6-4-3-5-7-19/h3-11H,12-16H2,1-2H3,(H,23,28)(H,24,29). The number of hydrogen-bond donors (Lipinski definition) is 2. The summed E-state index contributed by atoms with van der Waals surface area (Å²) < 4.78 is 0. The number of nitrogens with one attached hydrogen (secondary N) is 2. The molecule has 0 atom stereocenters. The molecule has 1 amide bonds. The van der Waals surface area contributed by atoms with Crippen LogP contribution in [0.5, 0.6) is 0 Å². The van der Waals surface area contributed by atoms with Gasteiger partial charge < -0.3 is 25.3 Å². The van der Waals surface area contributed by atoms with Crippen molar-refractivity contribution < 1.29 is 4.79 Å². The van der Waals surface area contributed by atoms with Crippen molar-refractivity contribution in [2.24, 2.45) is 0 Å². The highest BCUT2D eigenvalue weighted by Crippen LogP contribution is 2.36. The molecule has 2 saturated heterocycles. The highest BCUT2D eigenvalue weighted by Gasteiger charge is 2.50. The van der Waals surface area contributed by atoms with E-state index in [1.54, 1.807) is 0 Å². The number of nitrogens with zero attached hydrogens (tertiary/aromatic N) is 3. The van der Waals surface area contributed by atoms with Crippen LogP contribution in [0.25, 0.3) is 0 Å². The molecule has 2 aliphatic rings. The van der Waals surface area contributed by atoms with Gasteiger partial charge in [0.2, 0.25) is 5.91 Å². The second-order valence-electron chi connectivity index (χ2n) is 7.82. The predicted octanol–water partition coefficient (Wildman–Crippen LogP) is 2.88. The highest BCUT2D eigenvalue weighted by molar-refractivity contribution is 7.80. The van der Waals surface area contributed by atoms with E-state index in [2.05, 4.69) is 49.6 Å². The summed E-state index contributed by atoms with van der Waals surface area (Å²) in [4.78, 5) is 19.2. The Hall–Kier alpha value is -2.80. The zero-order valence-corrected chi connectivity index (χ0v) is 17.7. The molecular formula is C22H27N5OS. The molecule has 152 valence electrons. The van der Waals surface area contributed by atoms with Crippen molar-refractivity contribution in [1.82, 2.24) is 10.2 Å². The Labute approximate surface area is 177 Å². The summed E-state index contributed by atoms with van der Waals surface area (Å²) in [7, 11) is 4.04. The lowest BCUT2D eigenvalue weighted by Crippen LogP contribution is -2.57. The molecule has 2 aliphatic heterocycles. The minimum Gasteiger partial charge on any atom is -0.378 e. The molecule has 2 fully saturated rings. The third kappa shape index (κ3) is 3.74. The first kappa shape index (κ1) is 19.5. The zero-order chi connectivity index (χ0) is 20.4. The van der Waals surface area contributed by atoms with E-state index < -0.39 is 5.54 Å². The first-order chi connectivity index (χ1) is 14.0. The largest absolute Gasteiger partial charge is 0.378 e. The van der Waals surface area contributed by atoms with Crippen LogP contribution in [0.15, 0.2) is 54.6 Å². The van der Waals surface area contributed by atoms with Gasteiger partial charge in [-0.3, -0.25) is 4.79 Å². The van der Waals surface area contributed by atoms with Crippen molar-refractivity contribution >= 4 is 40.3 Å².